The molecule has 1 aromatic carbocycles. The summed E-state index contributed by atoms with van der Waals surface area (Å²) in [5.41, 5.74) is -0.878. The summed E-state index contributed by atoms with van der Waals surface area (Å²) in [5.74, 6) is 5.21. The van der Waals surface area contributed by atoms with Crippen molar-refractivity contribution in [1.29, 1.82) is 0 Å². The van der Waals surface area contributed by atoms with Gasteiger partial charge in [0.1, 0.15) is 10.6 Å². The second-order valence-corrected chi connectivity index (χ2v) is 4.14. The van der Waals surface area contributed by atoms with Gasteiger partial charge in [-0.15, -0.1) is 0 Å². The van der Waals surface area contributed by atoms with Gasteiger partial charge in [-0.2, -0.15) is 0 Å². The van der Waals surface area contributed by atoms with E-state index in [1.807, 2.05) is 0 Å². The maximum absolute atomic E-state index is 10.6. The Morgan fingerprint density at radius 1 is 1.50 bits per heavy atom. The summed E-state index contributed by atoms with van der Waals surface area (Å²) < 4.78 is 0. The molecule has 0 saturated heterocycles. The Hall–Kier alpha value is -1.57. The SMILES string of the molecule is CC(C)(O)C#Cc1ccc(Cl)c([N+](=O)[O-])c1. The van der Waals surface area contributed by atoms with E-state index in [4.69, 9.17) is 11.6 Å². The first-order chi connectivity index (χ1) is 7.29. The molecule has 0 aliphatic rings. The van der Waals surface area contributed by atoms with Crippen LogP contribution < -0.4 is 0 Å². The van der Waals surface area contributed by atoms with E-state index in [2.05, 4.69) is 11.8 Å². The van der Waals surface area contributed by atoms with Crippen LogP contribution in [0.5, 0.6) is 0 Å². The Kier molecular flexibility index (Phi) is 3.53. The van der Waals surface area contributed by atoms with E-state index in [-0.39, 0.29) is 10.7 Å². The maximum atomic E-state index is 10.6. The van der Waals surface area contributed by atoms with Crippen LogP contribution in [0.3, 0.4) is 0 Å². The van der Waals surface area contributed by atoms with Crippen molar-refractivity contribution in [3.8, 4) is 11.8 Å². The van der Waals surface area contributed by atoms with Crippen LogP contribution in [-0.2, 0) is 0 Å². The average Bonchev–Trinajstić information content (AvgIpc) is 2.14. The highest BCUT2D eigenvalue weighted by Crippen LogP contribution is 2.24. The molecule has 0 aliphatic carbocycles. The summed E-state index contributed by atoms with van der Waals surface area (Å²) in [6.45, 7) is 3.06. The van der Waals surface area contributed by atoms with Crippen molar-refractivity contribution in [2.24, 2.45) is 0 Å². The molecule has 0 bridgehead atoms. The lowest BCUT2D eigenvalue weighted by atomic mass is 10.1. The van der Waals surface area contributed by atoms with Gasteiger partial charge < -0.3 is 5.11 Å². The predicted octanol–water partition coefficient (Wildman–Crippen LogP) is 2.37. The van der Waals surface area contributed by atoms with Crippen molar-refractivity contribution < 1.29 is 10.0 Å². The molecule has 0 radical (unpaired) electrons. The third-order valence-electron chi connectivity index (χ3n) is 1.66. The number of rotatable bonds is 1. The first kappa shape index (κ1) is 12.5. The Morgan fingerprint density at radius 2 is 2.12 bits per heavy atom. The minimum absolute atomic E-state index is 0.0683. The van der Waals surface area contributed by atoms with Crippen molar-refractivity contribution in [2.75, 3.05) is 0 Å². The van der Waals surface area contributed by atoms with Crippen LogP contribution in [0.4, 0.5) is 5.69 Å². The second-order valence-electron chi connectivity index (χ2n) is 3.73. The van der Waals surface area contributed by atoms with E-state index >= 15 is 0 Å². The van der Waals surface area contributed by atoms with Crippen LogP contribution in [0.25, 0.3) is 0 Å². The van der Waals surface area contributed by atoms with Crippen LogP contribution in [-0.4, -0.2) is 15.6 Å². The number of nitro benzene ring substituents is 1. The molecule has 16 heavy (non-hydrogen) atoms. The van der Waals surface area contributed by atoms with Gasteiger partial charge in [-0.3, -0.25) is 10.1 Å². The number of aliphatic hydroxyl groups is 1. The number of hydrogen-bond acceptors (Lipinski definition) is 3. The molecule has 0 heterocycles. The van der Waals surface area contributed by atoms with Crippen molar-refractivity contribution in [2.45, 2.75) is 19.4 Å². The van der Waals surface area contributed by atoms with Crippen LogP contribution in [0, 0.1) is 22.0 Å². The number of halogens is 1. The zero-order valence-corrected chi connectivity index (χ0v) is 9.58. The second kappa shape index (κ2) is 4.52. The number of hydrogen-bond donors (Lipinski definition) is 1. The first-order valence-electron chi connectivity index (χ1n) is 4.49. The third kappa shape index (κ3) is 3.54. The fraction of sp³-hybridized carbons (Fsp3) is 0.273. The molecule has 1 rings (SSSR count). The normalized spacial score (nSPS) is 10.5. The molecule has 0 spiro atoms. The Bertz CT molecular complexity index is 480. The van der Waals surface area contributed by atoms with Gasteiger partial charge in [-0.25, -0.2) is 0 Å². The lowest BCUT2D eigenvalue weighted by molar-refractivity contribution is -0.384. The zero-order valence-electron chi connectivity index (χ0n) is 8.82. The fourth-order valence-corrected chi connectivity index (χ4v) is 1.14. The van der Waals surface area contributed by atoms with Gasteiger partial charge in [0.25, 0.3) is 5.69 Å². The average molecular weight is 240 g/mol. The van der Waals surface area contributed by atoms with Gasteiger partial charge in [0.15, 0.2) is 0 Å². The molecule has 0 fully saturated rings. The summed E-state index contributed by atoms with van der Waals surface area (Å²) in [7, 11) is 0. The van der Waals surface area contributed by atoms with Crippen LogP contribution >= 0.6 is 11.6 Å². The van der Waals surface area contributed by atoms with Crippen molar-refractivity contribution in [3.63, 3.8) is 0 Å². The number of nitro groups is 1. The van der Waals surface area contributed by atoms with E-state index in [0.717, 1.165) is 0 Å². The molecule has 0 aromatic heterocycles. The molecular weight excluding hydrogens is 230 g/mol. The van der Waals surface area contributed by atoms with Gasteiger partial charge >= 0.3 is 0 Å². The molecule has 0 unspecified atom stereocenters. The van der Waals surface area contributed by atoms with Gasteiger partial charge in [0.05, 0.1) is 4.92 Å². The van der Waals surface area contributed by atoms with Gasteiger partial charge in [-0.1, -0.05) is 23.4 Å². The maximum Gasteiger partial charge on any atom is 0.289 e. The molecule has 1 aromatic rings. The molecule has 0 atom stereocenters. The molecule has 5 heteroatoms. The van der Waals surface area contributed by atoms with E-state index in [0.29, 0.717) is 5.56 Å². The van der Waals surface area contributed by atoms with Crippen LogP contribution in [0.15, 0.2) is 18.2 Å². The summed E-state index contributed by atoms with van der Waals surface area (Å²) in [6, 6.07) is 4.25. The highest BCUT2D eigenvalue weighted by atomic mass is 35.5. The van der Waals surface area contributed by atoms with Crippen LogP contribution in [0.2, 0.25) is 5.02 Å². The molecule has 0 aliphatic heterocycles. The standard InChI is InChI=1S/C11H10ClNO3/c1-11(2,14)6-5-8-3-4-9(12)10(7-8)13(15)16/h3-4,7,14H,1-2H3. The number of benzene rings is 1. The van der Waals surface area contributed by atoms with Crippen molar-refractivity contribution in [1.82, 2.24) is 0 Å². The van der Waals surface area contributed by atoms with E-state index in [1.165, 1.54) is 26.0 Å². The molecule has 4 nitrogen and oxygen atoms in total. The van der Waals surface area contributed by atoms with E-state index < -0.39 is 10.5 Å². The smallest absolute Gasteiger partial charge is 0.289 e. The predicted molar refractivity (Wildman–Crippen MR) is 61.3 cm³/mol. The molecule has 0 amide bonds. The zero-order chi connectivity index (χ0) is 12.3. The largest absolute Gasteiger partial charge is 0.378 e. The lowest BCUT2D eigenvalue weighted by Gasteiger charge is -2.05. The van der Waals surface area contributed by atoms with Gasteiger partial charge in [-0.05, 0) is 26.0 Å². The molecule has 84 valence electrons. The highest BCUT2D eigenvalue weighted by molar-refractivity contribution is 6.32. The summed E-state index contributed by atoms with van der Waals surface area (Å²) >= 11 is 5.64. The van der Waals surface area contributed by atoms with Gasteiger partial charge in [0.2, 0.25) is 0 Å². The summed E-state index contributed by atoms with van der Waals surface area (Å²) in [5, 5.41) is 20.0. The fourth-order valence-electron chi connectivity index (χ4n) is 0.955. The lowest BCUT2D eigenvalue weighted by Crippen LogP contribution is -2.14. The Balaban J connectivity index is 3.13. The van der Waals surface area contributed by atoms with Gasteiger partial charge in [0, 0.05) is 11.6 Å². The van der Waals surface area contributed by atoms with Crippen molar-refractivity contribution >= 4 is 17.3 Å². The summed E-state index contributed by atoms with van der Waals surface area (Å²) in [4.78, 5) is 10.0. The highest BCUT2D eigenvalue weighted by Gasteiger charge is 2.12. The molecule has 1 N–H and O–H groups in total. The Labute approximate surface area is 98.0 Å². The van der Waals surface area contributed by atoms with E-state index in [1.54, 1.807) is 6.07 Å². The van der Waals surface area contributed by atoms with Crippen molar-refractivity contribution in [3.05, 3.63) is 38.9 Å². The molecular formula is C11H10ClNO3. The quantitative estimate of drug-likeness (QED) is 0.465. The number of nitrogens with zero attached hydrogens (tertiary/aromatic N) is 1. The Morgan fingerprint density at radius 3 is 2.62 bits per heavy atom. The van der Waals surface area contributed by atoms with Crippen LogP contribution in [0.1, 0.15) is 19.4 Å². The third-order valence-corrected chi connectivity index (χ3v) is 1.98. The minimum atomic E-state index is -1.13. The first-order valence-corrected chi connectivity index (χ1v) is 4.87. The topological polar surface area (TPSA) is 63.4 Å². The monoisotopic (exact) mass is 239 g/mol. The summed E-state index contributed by atoms with van der Waals surface area (Å²) in [6.07, 6.45) is 0. The van der Waals surface area contributed by atoms with E-state index in [9.17, 15) is 15.2 Å². The minimum Gasteiger partial charge on any atom is -0.378 e. The molecule has 0 saturated carbocycles.